The van der Waals surface area contributed by atoms with Crippen LogP contribution in [-0.2, 0) is 0 Å². The molecule has 0 saturated heterocycles. The summed E-state index contributed by atoms with van der Waals surface area (Å²) in [5, 5.41) is 18.7. The maximum atomic E-state index is 11.6. The highest BCUT2D eigenvalue weighted by Gasteiger charge is 2.22. The van der Waals surface area contributed by atoms with E-state index in [1.54, 1.807) is 35.3 Å². The van der Waals surface area contributed by atoms with Crippen molar-refractivity contribution in [1.29, 1.82) is 0 Å². The molecule has 4 aromatic rings. The van der Waals surface area contributed by atoms with Gasteiger partial charge in [0.1, 0.15) is 0 Å². The summed E-state index contributed by atoms with van der Waals surface area (Å²) in [6, 6.07) is 13.8. The van der Waals surface area contributed by atoms with E-state index in [-0.39, 0.29) is 18.0 Å². The lowest BCUT2D eigenvalue weighted by Crippen LogP contribution is -2.11. The maximum Gasteiger partial charge on any atom is 0.282 e. The fraction of sp³-hybridized carbons (Fsp3) is 0.0455. The standard InChI is InChI=1S/C22H14ClN5O4S/c23-16-5-3-14(4-6-16)19-12-33-22(26-17-2-1-7-24-11-17)27(19)25-10-15-8-20-21(32-13-31-20)9-18(15)28(29)30/h1-12H,13H2. The third kappa shape index (κ3) is 4.34. The summed E-state index contributed by atoms with van der Waals surface area (Å²) in [6.45, 7) is 0.0151. The highest BCUT2D eigenvalue weighted by Crippen LogP contribution is 2.37. The van der Waals surface area contributed by atoms with E-state index >= 15 is 0 Å². The van der Waals surface area contributed by atoms with Gasteiger partial charge in [0.25, 0.3) is 5.69 Å². The zero-order valence-corrected chi connectivity index (χ0v) is 18.4. The minimum atomic E-state index is -0.484. The Labute approximate surface area is 196 Å². The van der Waals surface area contributed by atoms with Crippen LogP contribution in [0.2, 0.25) is 5.02 Å². The van der Waals surface area contributed by atoms with Crippen molar-refractivity contribution in [2.75, 3.05) is 6.79 Å². The van der Waals surface area contributed by atoms with Crippen molar-refractivity contribution in [3.05, 3.63) is 91.8 Å². The molecule has 5 rings (SSSR count). The Morgan fingerprint density at radius 3 is 2.70 bits per heavy atom. The molecule has 0 unspecified atom stereocenters. The monoisotopic (exact) mass is 479 g/mol. The molecular formula is C22H14ClN5O4S. The first-order valence-electron chi connectivity index (χ1n) is 9.62. The number of nitrogens with zero attached hydrogens (tertiary/aromatic N) is 5. The van der Waals surface area contributed by atoms with Crippen LogP contribution in [0, 0.1) is 10.1 Å². The van der Waals surface area contributed by atoms with Crippen LogP contribution in [0.15, 0.2) is 76.4 Å². The molecule has 1 aliphatic heterocycles. The van der Waals surface area contributed by atoms with Gasteiger partial charge >= 0.3 is 0 Å². The average molecular weight is 480 g/mol. The van der Waals surface area contributed by atoms with Gasteiger partial charge in [-0.2, -0.15) is 5.10 Å². The van der Waals surface area contributed by atoms with Crippen LogP contribution in [0.25, 0.3) is 11.3 Å². The molecule has 0 amide bonds. The van der Waals surface area contributed by atoms with E-state index in [2.05, 4.69) is 15.1 Å². The second kappa shape index (κ2) is 8.85. The average Bonchev–Trinajstić information content (AvgIpc) is 3.44. The highest BCUT2D eigenvalue weighted by atomic mass is 35.5. The Balaban J connectivity index is 1.65. The van der Waals surface area contributed by atoms with Crippen LogP contribution in [0.5, 0.6) is 11.5 Å². The van der Waals surface area contributed by atoms with Gasteiger partial charge in [0.15, 0.2) is 11.5 Å². The number of fused-ring (bicyclic) bond motifs is 1. The number of thiazole rings is 1. The predicted molar refractivity (Wildman–Crippen MR) is 124 cm³/mol. The smallest absolute Gasteiger partial charge is 0.282 e. The van der Waals surface area contributed by atoms with E-state index in [1.807, 2.05) is 23.6 Å². The zero-order chi connectivity index (χ0) is 22.8. The lowest BCUT2D eigenvalue weighted by molar-refractivity contribution is -0.385. The number of pyridine rings is 1. The number of hydrogen-bond donors (Lipinski definition) is 0. The minimum Gasteiger partial charge on any atom is -0.454 e. The molecule has 2 aromatic carbocycles. The van der Waals surface area contributed by atoms with Crippen molar-refractivity contribution in [2.24, 2.45) is 10.1 Å². The molecular weight excluding hydrogens is 466 g/mol. The zero-order valence-electron chi connectivity index (χ0n) is 16.8. The van der Waals surface area contributed by atoms with Crippen molar-refractivity contribution >= 4 is 40.5 Å². The third-order valence-corrected chi connectivity index (χ3v) is 5.79. The van der Waals surface area contributed by atoms with Crippen molar-refractivity contribution in [3.63, 3.8) is 0 Å². The molecule has 0 spiro atoms. The van der Waals surface area contributed by atoms with Gasteiger partial charge in [-0.1, -0.05) is 23.7 Å². The van der Waals surface area contributed by atoms with Crippen LogP contribution in [0.4, 0.5) is 11.4 Å². The molecule has 2 aromatic heterocycles. The molecule has 0 radical (unpaired) electrons. The molecule has 11 heteroatoms. The van der Waals surface area contributed by atoms with Crippen LogP contribution in [0.3, 0.4) is 0 Å². The Morgan fingerprint density at radius 1 is 1.18 bits per heavy atom. The van der Waals surface area contributed by atoms with E-state index in [0.717, 1.165) is 11.3 Å². The van der Waals surface area contributed by atoms with Crippen LogP contribution >= 0.6 is 22.9 Å². The topological polar surface area (TPSA) is 104 Å². The first-order valence-corrected chi connectivity index (χ1v) is 10.9. The van der Waals surface area contributed by atoms with Gasteiger partial charge < -0.3 is 9.47 Å². The molecule has 0 saturated carbocycles. The SMILES string of the molecule is O=[N+]([O-])c1cc2c(cc1C=Nn1c(-c3ccc(Cl)cc3)csc1=Nc1cccnc1)OCO2. The summed E-state index contributed by atoms with van der Waals surface area (Å²) in [5.74, 6) is 0.756. The van der Waals surface area contributed by atoms with E-state index in [0.29, 0.717) is 27.0 Å². The molecule has 9 nitrogen and oxygen atoms in total. The number of ether oxygens (including phenoxy) is 2. The highest BCUT2D eigenvalue weighted by molar-refractivity contribution is 7.07. The van der Waals surface area contributed by atoms with E-state index in [1.165, 1.54) is 29.7 Å². The van der Waals surface area contributed by atoms with Gasteiger partial charge in [0.2, 0.25) is 11.6 Å². The summed E-state index contributed by atoms with van der Waals surface area (Å²) in [5.41, 5.74) is 2.40. The number of benzene rings is 2. The van der Waals surface area contributed by atoms with Crippen molar-refractivity contribution in [1.82, 2.24) is 9.66 Å². The number of halogens is 1. The molecule has 1 aliphatic rings. The van der Waals surface area contributed by atoms with Crippen LogP contribution in [-0.4, -0.2) is 27.6 Å². The fourth-order valence-corrected chi connectivity index (χ4v) is 4.15. The summed E-state index contributed by atoms with van der Waals surface area (Å²) < 4.78 is 12.2. The number of nitro benzene ring substituents is 1. The van der Waals surface area contributed by atoms with Gasteiger partial charge in [-0.3, -0.25) is 15.1 Å². The van der Waals surface area contributed by atoms with Gasteiger partial charge in [0.05, 0.1) is 40.3 Å². The Hall–Kier alpha value is -4.02. The first kappa shape index (κ1) is 20.9. The van der Waals surface area contributed by atoms with Crippen molar-refractivity contribution < 1.29 is 14.4 Å². The van der Waals surface area contributed by atoms with Gasteiger partial charge in [0, 0.05) is 22.2 Å². The predicted octanol–water partition coefficient (Wildman–Crippen LogP) is 5.02. The Morgan fingerprint density at radius 2 is 1.97 bits per heavy atom. The minimum absolute atomic E-state index is 0.0151. The molecule has 0 aliphatic carbocycles. The summed E-state index contributed by atoms with van der Waals surface area (Å²) in [4.78, 5) is 20.4. The van der Waals surface area contributed by atoms with Crippen molar-refractivity contribution in [2.45, 2.75) is 0 Å². The fourth-order valence-electron chi connectivity index (χ4n) is 3.17. The second-order valence-corrected chi connectivity index (χ2v) is 8.08. The maximum absolute atomic E-state index is 11.6. The lowest BCUT2D eigenvalue weighted by atomic mass is 10.1. The van der Waals surface area contributed by atoms with Gasteiger partial charge in [-0.05, 0) is 30.3 Å². The molecule has 0 atom stereocenters. The van der Waals surface area contributed by atoms with E-state index in [4.69, 9.17) is 21.1 Å². The second-order valence-electron chi connectivity index (χ2n) is 6.81. The van der Waals surface area contributed by atoms with Crippen LogP contribution in [0.1, 0.15) is 5.56 Å². The Kier molecular flexibility index (Phi) is 5.59. The molecule has 164 valence electrons. The molecule has 3 heterocycles. The summed E-state index contributed by atoms with van der Waals surface area (Å²) >= 11 is 7.42. The molecule has 33 heavy (non-hydrogen) atoms. The number of nitro groups is 1. The molecule has 0 fully saturated rings. The van der Waals surface area contributed by atoms with Crippen molar-refractivity contribution in [3.8, 4) is 22.8 Å². The summed E-state index contributed by atoms with van der Waals surface area (Å²) in [6.07, 6.45) is 4.71. The molecule has 0 bridgehead atoms. The lowest BCUT2D eigenvalue weighted by Gasteiger charge is -2.05. The largest absolute Gasteiger partial charge is 0.454 e. The van der Waals surface area contributed by atoms with E-state index < -0.39 is 4.92 Å². The normalized spacial score (nSPS) is 13.1. The number of hydrogen-bond acceptors (Lipinski definition) is 8. The first-order chi connectivity index (χ1) is 16.1. The number of rotatable bonds is 5. The number of aromatic nitrogens is 2. The molecule has 0 N–H and O–H groups in total. The van der Waals surface area contributed by atoms with Gasteiger partial charge in [-0.25, -0.2) is 9.67 Å². The Bertz CT molecular complexity index is 1430. The van der Waals surface area contributed by atoms with Gasteiger partial charge in [-0.15, -0.1) is 11.3 Å². The van der Waals surface area contributed by atoms with Crippen LogP contribution < -0.4 is 14.3 Å². The third-order valence-electron chi connectivity index (χ3n) is 4.73. The summed E-state index contributed by atoms with van der Waals surface area (Å²) in [7, 11) is 0. The quantitative estimate of drug-likeness (QED) is 0.227. The van der Waals surface area contributed by atoms with E-state index in [9.17, 15) is 10.1 Å².